The van der Waals surface area contributed by atoms with Gasteiger partial charge in [-0.1, -0.05) is 29.5 Å². The van der Waals surface area contributed by atoms with Crippen molar-refractivity contribution >= 4 is 49.0 Å². The third-order valence-corrected chi connectivity index (χ3v) is 5.71. The van der Waals surface area contributed by atoms with Crippen molar-refractivity contribution in [1.29, 1.82) is 0 Å². The van der Waals surface area contributed by atoms with E-state index in [2.05, 4.69) is 9.98 Å². The summed E-state index contributed by atoms with van der Waals surface area (Å²) >= 11 is 2.62. The van der Waals surface area contributed by atoms with Crippen LogP contribution in [0.1, 0.15) is 16.7 Å². The minimum absolute atomic E-state index is 0.306. The molecule has 0 aliphatic carbocycles. The van der Waals surface area contributed by atoms with Crippen molar-refractivity contribution in [3.8, 4) is 0 Å². The molecule has 0 saturated heterocycles. The van der Waals surface area contributed by atoms with E-state index in [1.165, 1.54) is 28.7 Å². The van der Waals surface area contributed by atoms with Crippen LogP contribution in [0.15, 0.2) is 47.5 Å². The van der Waals surface area contributed by atoms with E-state index in [-0.39, 0.29) is 5.82 Å². The van der Waals surface area contributed by atoms with Crippen molar-refractivity contribution in [1.82, 2.24) is 9.55 Å². The van der Waals surface area contributed by atoms with Crippen molar-refractivity contribution in [2.75, 3.05) is 0 Å². The summed E-state index contributed by atoms with van der Waals surface area (Å²) in [5.74, 6) is -0.704. The predicted molar refractivity (Wildman–Crippen MR) is 95.0 cm³/mol. The molecule has 0 aliphatic heterocycles. The summed E-state index contributed by atoms with van der Waals surface area (Å²) in [6, 6.07) is 12.5. The van der Waals surface area contributed by atoms with Crippen LogP contribution in [0.4, 0.5) is 4.39 Å². The maximum absolute atomic E-state index is 14.1. The normalized spacial score (nSPS) is 12.3. The minimum Gasteiger partial charge on any atom is -0.314 e. The number of hydrogen-bond acceptors (Lipinski definition) is 4. The lowest BCUT2D eigenvalue weighted by atomic mass is 10.3. The average molecular weight is 357 g/mol. The number of fused-ring (bicyclic) bond motifs is 2. The van der Waals surface area contributed by atoms with Gasteiger partial charge in [-0.15, -0.1) is 11.3 Å². The van der Waals surface area contributed by atoms with Gasteiger partial charge in [-0.2, -0.15) is 4.99 Å². The molecule has 4 rings (SSSR count). The first-order chi connectivity index (χ1) is 11.7. The van der Waals surface area contributed by atoms with Crippen LogP contribution >= 0.6 is 22.7 Å². The SMILES string of the molecule is CCn1c(=NC(=O)c2nc3ccccc3s2)sc2cccc(F)c21. The van der Waals surface area contributed by atoms with Crippen molar-refractivity contribution in [2.24, 2.45) is 4.99 Å². The van der Waals surface area contributed by atoms with Crippen molar-refractivity contribution in [3.63, 3.8) is 0 Å². The number of para-hydroxylation sites is 2. The number of hydrogen-bond donors (Lipinski definition) is 0. The molecule has 2 aromatic carbocycles. The van der Waals surface area contributed by atoms with Crippen LogP contribution < -0.4 is 4.80 Å². The molecule has 0 N–H and O–H groups in total. The first kappa shape index (κ1) is 15.2. The molecule has 2 aromatic heterocycles. The van der Waals surface area contributed by atoms with Crippen LogP contribution in [-0.4, -0.2) is 15.5 Å². The Morgan fingerprint density at radius 2 is 1.96 bits per heavy atom. The zero-order chi connectivity index (χ0) is 16.7. The van der Waals surface area contributed by atoms with Crippen LogP contribution in [0.3, 0.4) is 0 Å². The van der Waals surface area contributed by atoms with Crippen molar-refractivity contribution < 1.29 is 9.18 Å². The van der Waals surface area contributed by atoms with Gasteiger partial charge in [-0.3, -0.25) is 4.79 Å². The van der Waals surface area contributed by atoms with Crippen molar-refractivity contribution in [3.05, 3.63) is 58.1 Å². The Morgan fingerprint density at radius 1 is 1.17 bits per heavy atom. The van der Waals surface area contributed by atoms with Gasteiger partial charge < -0.3 is 4.57 Å². The number of thiazole rings is 2. The second-order valence-corrected chi connectivity index (χ2v) is 7.16. The van der Waals surface area contributed by atoms with Gasteiger partial charge in [0.1, 0.15) is 5.82 Å². The third kappa shape index (κ3) is 2.46. The summed E-state index contributed by atoms with van der Waals surface area (Å²) in [6.07, 6.45) is 0. The Hall–Kier alpha value is -2.38. The molecule has 0 aliphatic rings. The highest BCUT2D eigenvalue weighted by molar-refractivity contribution is 7.20. The van der Waals surface area contributed by atoms with E-state index < -0.39 is 5.91 Å². The van der Waals surface area contributed by atoms with Gasteiger partial charge in [0.25, 0.3) is 0 Å². The van der Waals surface area contributed by atoms with Crippen LogP contribution in [-0.2, 0) is 6.54 Å². The lowest BCUT2D eigenvalue weighted by Crippen LogP contribution is -2.16. The quantitative estimate of drug-likeness (QED) is 0.539. The Balaban J connectivity index is 1.87. The number of carbonyl (C=O) groups excluding carboxylic acids is 1. The second-order valence-electron chi connectivity index (χ2n) is 5.12. The molecule has 0 radical (unpaired) electrons. The number of amides is 1. The summed E-state index contributed by atoms with van der Waals surface area (Å²) in [7, 11) is 0. The summed E-state index contributed by atoms with van der Waals surface area (Å²) in [4.78, 5) is 21.5. The van der Waals surface area contributed by atoms with Gasteiger partial charge in [-0.25, -0.2) is 9.37 Å². The van der Waals surface area contributed by atoms with Crippen LogP contribution in [0.5, 0.6) is 0 Å². The number of benzene rings is 2. The van der Waals surface area contributed by atoms with Crippen molar-refractivity contribution in [2.45, 2.75) is 13.5 Å². The first-order valence-corrected chi connectivity index (χ1v) is 9.03. The molecule has 2 heterocycles. The fourth-order valence-electron chi connectivity index (χ4n) is 2.56. The average Bonchev–Trinajstić information content (AvgIpc) is 3.16. The van der Waals surface area contributed by atoms with Gasteiger partial charge in [0, 0.05) is 6.54 Å². The molecule has 4 nitrogen and oxygen atoms in total. The molecule has 7 heteroatoms. The summed E-state index contributed by atoms with van der Waals surface area (Å²) < 4.78 is 17.5. The number of halogens is 1. The molecular weight excluding hydrogens is 345 g/mol. The molecule has 4 aromatic rings. The second kappa shape index (κ2) is 5.92. The molecule has 0 atom stereocenters. The zero-order valence-corrected chi connectivity index (χ0v) is 14.3. The Bertz CT molecular complexity index is 1110. The fourth-order valence-corrected chi connectivity index (χ4v) is 4.52. The molecule has 1 amide bonds. The summed E-state index contributed by atoms with van der Waals surface area (Å²) in [5.41, 5.74) is 1.27. The lowest BCUT2D eigenvalue weighted by molar-refractivity contribution is 0.0997. The molecule has 0 saturated carbocycles. The van der Waals surface area contributed by atoms with E-state index in [9.17, 15) is 9.18 Å². The lowest BCUT2D eigenvalue weighted by Gasteiger charge is -2.00. The molecular formula is C17H12FN3OS2. The topological polar surface area (TPSA) is 47.2 Å². The maximum atomic E-state index is 14.1. The van der Waals surface area contributed by atoms with Gasteiger partial charge >= 0.3 is 5.91 Å². The number of aryl methyl sites for hydroxylation is 1. The number of nitrogens with zero attached hydrogens (tertiary/aromatic N) is 3. The highest BCUT2D eigenvalue weighted by Crippen LogP contribution is 2.23. The van der Waals surface area contributed by atoms with Crippen LogP contribution in [0.2, 0.25) is 0 Å². The third-order valence-electron chi connectivity index (χ3n) is 3.64. The Morgan fingerprint density at radius 3 is 2.75 bits per heavy atom. The largest absolute Gasteiger partial charge is 0.314 e. The molecule has 0 bridgehead atoms. The number of rotatable bonds is 2. The standard InChI is InChI=1S/C17H12FN3OS2/c1-2-21-14-10(18)6-5-9-13(14)24-17(21)20-15(22)16-19-11-7-3-4-8-12(11)23-16/h3-9H,2H2,1H3. The van der Waals surface area contributed by atoms with Gasteiger partial charge in [0.05, 0.1) is 20.4 Å². The fraction of sp³-hybridized carbons (Fsp3) is 0.118. The molecule has 120 valence electrons. The predicted octanol–water partition coefficient (Wildman–Crippen LogP) is 4.21. The summed E-state index contributed by atoms with van der Waals surface area (Å²) in [5, 5.41) is 0.344. The molecule has 0 spiro atoms. The highest BCUT2D eigenvalue weighted by Gasteiger charge is 2.14. The smallest absolute Gasteiger partial charge is 0.308 e. The monoisotopic (exact) mass is 357 g/mol. The number of aromatic nitrogens is 2. The van der Waals surface area contributed by atoms with E-state index >= 15 is 0 Å². The molecule has 24 heavy (non-hydrogen) atoms. The maximum Gasteiger partial charge on any atom is 0.308 e. The minimum atomic E-state index is -0.398. The molecule has 0 fully saturated rings. The Labute approximate surface area is 144 Å². The molecule has 0 unspecified atom stereocenters. The zero-order valence-electron chi connectivity index (χ0n) is 12.7. The van der Waals surface area contributed by atoms with Crippen LogP contribution in [0.25, 0.3) is 20.4 Å². The number of carbonyl (C=O) groups is 1. The van der Waals surface area contributed by atoms with Crippen LogP contribution in [0, 0.1) is 5.82 Å². The van der Waals surface area contributed by atoms with E-state index in [1.54, 1.807) is 10.6 Å². The van der Waals surface area contributed by atoms with Gasteiger partial charge in [-0.05, 0) is 31.2 Å². The van der Waals surface area contributed by atoms with E-state index in [4.69, 9.17) is 0 Å². The Kier molecular flexibility index (Phi) is 3.74. The highest BCUT2D eigenvalue weighted by atomic mass is 32.1. The van der Waals surface area contributed by atoms with Gasteiger partial charge in [0.2, 0.25) is 0 Å². The van der Waals surface area contributed by atoms with Gasteiger partial charge in [0.15, 0.2) is 9.81 Å². The van der Waals surface area contributed by atoms with E-state index in [0.717, 1.165) is 14.9 Å². The van der Waals surface area contributed by atoms with E-state index in [0.29, 0.717) is 21.9 Å². The van der Waals surface area contributed by atoms with E-state index in [1.807, 2.05) is 37.3 Å². The summed E-state index contributed by atoms with van der Waals surface area (Å²) in [6.45, 7) is 2.44. The first-order valence-electron chi connectivity index (χ1n) is 7.40.